The zero-order valence-electron chi connectivity index (χ0n) is 11.8. The van der Waals surface area contributed by atoms with Crippen molar-refractivity contribution in [2.24, 2.45) is 7.05 Å². The number of aromatic nitrogens is 2. The van der Waals surface area contributed by atoms with Gasteiger partial charge in [0.1, 0.15) is 5.69 Å². The minimum atomic E-state index is -0.272. The number of anilines is 1. The van der Waals surface area contributed by atoms with Crippen LogP contribution < -0.4 is 5.73 Å². The smallest absolute Gasteiger partial charge is 0.355 e. The van der Waals surface area contributed by atoms with E-state index in [1.807, 2.05) is 25.5 Å². The molecular weight excluding hydrogens is 274 g/mol. The number of thiazole rings is 1. The van der Waals surface area contributed by atoms with Gasteiger partial charge in [-0.1, -0.05) is 0 Å². The Hall–Kier alpha value is -1.82. The Kier molecular flexibility index (Phi) is 3.05. The average Bonchev–Trinajstić information content (AvgIpc) is 2.88. The summed E-state index contributed by atoms with van der Waals surface area (Å²) in [6.07, 6.45) is 1.83. The highest BCUT2D eigenvalue weighted by molar-refractivity contribution is 7.15. The fourth-order valence-electron chi connectivity index (χ4n) is 2.95. The molecule has 0 aliphatic heterocycles. The van der Waals surface area contributed by atoms with Gasteiger partial charge < -0.3 is 15.0 Å². The van der Waals surface area contributed by atoms with E-state index in [1.54, 1.807) is 0 Å². The van der Waals surface area contributed by atoms with Gasteiger partial charge in [0, 0.05) is 23.2 Å². The summed E-state index contributed by atoms with van der Waals surface area (Å²) in [7, 11) is 1.92. The maximum Gasteiger partial charge on any atom is 0.355 e. The molecule has 0 spiro atoms. The number of esters is 1. The Bertz CT molecular complexity index is 700. The zero-order chi connectivity index (χ0) is 14.4. The molecule has 2 aromatic heterocycles. The van der Waals surface area contributed by atoms with Crippen LogP contribution in [0.2, 0.25) is 0 Å². The molecule has 2 heterocycles. The zero-order valence-corrected chi connectivity index (χ0v) is 12.6. The Morgan fingerprint density at radius 1 is 1.50 bits per heavy atom. The maximum atomic E-state index is 12.1. The average molecular weight is 291 g/mol. The predicted octanol–water partition coefficient (Wildman–Crippen LogP) is 2.31. The van der Waals surface area contributed by atoms with Crippen molar-refractivity contribution >= 4 is 22.4 Å². The first-order chi connectivity index (χ1) is 9.54. The molecule has 0 radical (unpaired) electrons. The van der Waals surface area contributed by atoms with Gasteiger partial charge in [-0.3, -0.25) is 0 Å². The second kappa shape index (κ2) is 4.63. The van der Waals surface area contributed by atoms with Crippen LogP contribution in [-0.2, 0) is 24.6 Å². The van der Waals surface area contributed by atoms with Crippen LogP contribution >= 0.6 is 11.3 Å². The van der Waals surface area contributed by atoms with E-state index in [2.05, 4.69) is 4.98 Å². The highest BCUT2D eigenvalue weighted by Crippen LogP contribution is 2.41. The lowest BCUT2D eigenvalue weighted by atomic mass is 9.97. The molecule has 1 aliphatic rings. The van der Waals surface area contributed by atoms with Gasteiger partial charge in [0.25, 0.3) is 0 Å². The van der Waals surface area contributed by atoms with Crippen LogP contribution in [0.25, 0.3) is 11.3 Å². The maximum absolute atomic E-state index is 12.1. The summed E-state index contributed by atoms with van der Waals surface area (Å²) >= 11 is 1.54. The minimum Gasteiger partial charge on any atom is -0.461 e. The van der Waals surface area contributed by atoms with Crippen LogP contribution in [0.3, 0.4) is 0 Å². The third kappa shape index (κ3) is 1.75. The highest BCUT2D eigenvalue weighted by Gasteiger charge is 2.30. The van der Waals surface area contributed by atoms with Crippen molar-refractivity contribution < 1.29 is 9.53 Å². The van der Waals surface area contributed by atoms with Crippen LogP contribution in [-0.4, -0.2) is 22.1 Å². The molecule has 0 atom stereocenters. The minimum absolute atomic E-state index is 0.272. The monoisotopic (exact) mass is 291 g/mol. The molecule has 0 fully saturated rings. The number of carbonyl (C=O) groups is 1. The van der Waals surface area contributed by atoms with Gasteiger partial charge >= 0.3 is 5.97 Å². The highest BCUT2D eigenvalue weighted by atomic mass is 32.1. The quantitative estimate of drug-likeness (QED) is 0.862. The number of nitrogens with two attached hydrogens (primary N) is 1. The van der Waals surface area contributed by atoms with Gasteiger partial charge in [0.15, 0.2) is 5.13 Å². The summed E-state index contributed by atoms with van der Waals surface area (Å²) < 4.78 is 7.10. The van der Waals surface area contributed by atoms with Crippen molar-refractivity contribution in [3.05, 3.63) is 21.8 Å². The topological polar surface area (TPSA) is 70.1 Å². The lowest BCUT2D eigenvalue weighted by molar-refractivity contribution is 0.0514. The van der Waals surface area contributed by atoms with Crippen molar-refractivity contribution in [2.75, 3.05) is 12.3 Å². The lowest BCUT2D eigenvalue weighted by Gasteiger charge is -2.13. The largest absolute Gasteiger partial charge is 0.461 e. The van der Waals surface area contributed by atoms with E-state index in [1.165, 1.54) is 16.2 Å². The van der Waals surface area contributed by atoms with Crippen LogP contribution in [0.15, 0.2) is 0 Å². The third-order valence-corrected chi connectivity index (χ3v) is 4.71. The number of nitrogen functional groups attached to an aromatic ring is 1. The van der Waals surface area contributed by atoms with E-state index in [-0.39, 0.29) is 5.97 Å². The molecule has 0 saturated heterocycles. The number of aryl methyl sites for hydroxylation is 1. The van der Waals surface area contributed by atoms with Crippen molar-refractivity contribution in [3.8, 4) is 11.3 Å². The summed E-state index contributed by atoms with van der Waals surface area (Å²) in [5, 5.41) is 0.587. The van der Waals surface area contributed by atoms with Crippen LogP contribution in [0, 0.1) is 6.92 Å². The van der Waals surface area contributed by atoms with Gasteiger partial charge in [-0.15, -0.1) is 11.3 Å². The van der Waals surface area contributed by atoms with Gasteiger partial charge in [0.05, 0.1) is 12.3 Å². The predicted molar refractivity (Wildman–Crippen MR) is 79.0 cm³/mol. The Balaban J connectivity index is 2.21. The summed E-state index contributed by atoms with van der Waals surface area (Å²) in [6.45, 7) is 4.15. The molecule has 2 N–H and O–H groups in total. The van der Waals surface area contributed by atoms with E-state index in [0.717, 1.165) is 35.4 Å². The van der Waals surface area contributed by atoms with E-state index in [0.29, 0.717) is 17.4 Å². The van der Waals surface area contributed by atoms with E-state index in [9.17, 15) is 4.79 Å². The van der Waals surface area contributed by atoms with E-state index >= 15 is 0 Å². The molecule has 106 valence electrons. The van der Waals surface area contributed by atoms with Gasteiger partial charge in [-0.25, -0.2) is 9.78 Å². The standard InChI is InChI=1S/C14H17N3O2S/c1-4-19-13(18)12-7(2)10-8(17(12)3)5-6-9-11(10)16-14(15)20-9/h4-6H2,1-3H3,(H2,15,16). The summed E-state index contributed by atoms with van der Waals surface area (Å²) in [5.41, 5.74) is 10.5. The number of nitrogens with zero attached hydrogens (tertiary/aromatic N) is 2. The molecule has 20 heavy (non-hydrogen) atoms. The third-order valence-electron chi connectivity index (χ3n) is 3.77. The molecule has 5 nitrogen and oxygen atoms in total. The number of hydrogen-bond donors (Lipinski definition) is 1. The molecule has 0 aromatic carbocycles. The fraction of sp³-hybridized carbons (Fsp3) is 0.429. The summed E-state index contributed by atoms with van der Waals surface area (Å²) in [6, 6.07) is 0. The fourth-order valence-corrected chi connectivity index (χ4v) is 3.79. The molecule has 0 unspecified atom stereocenters. The first-order valence-corrected chi connectivity index (χ1v) is 7.47. The van der Waals surface area contributed by atoms with Crippen LogP contribution in [0.5, 0.6) is 0 Å². The normalized spacial score (nSPS) is 12.9. The number of carbonyl (C=O) groups excluding carboxylic acids is 1. The molecule has 6 heteroatoms. The molecule has 0 saturated carbocycles. The van der Waals surface area contributed by atoms with Crippen LogP contribution in [0.1, 0.15) is 33.5 Å². The van der Waals surface area contributed by atoms with E-state index in [4.69, 9.17) is 10.5 Å². The second-order valence-electron chi connectivity index (χ2n) is 4.90. The molecule has 0 bridgehead atoms. The Morgan fingerprint density at radius 3 is 2.95 bits per heavy atom. The van der Waals surface area contributed by atoms with Crippen LogP contribution in [0.4, 0.5) is 5.13 Å². The second-order valence-corrected chi connectivity index (χ2v) is 6.01. The number of ether oxygens (including phenoxy) is 1. The van der Waals surface area contributed by atoms with Gasteiger partial charge in [0.2, 0.25) is 0 Å². The van der Waals surface area contributed by atoms with E-state index < -0.39 is 0 Å². The number of hydrogen-bond acceptors (Lipinski definition) is 5. The molecule has 3 rings (SSSR count). The first kappa shape index (κ1) is 13.2. The molecule has 2 aromatic rings. The van der Waals surface area contributed by atoms with Crippen molar-refractivity contribution in [2.45, 2.75) is 26.7 Å². The SMILES string of the molecule is CCOC(=O)c1c(C)c2c(n1C)CCc1sc(N)nc1-2. The Morgan fingerprint density at radius 2 is 2.25 bits per heavy atom. The van der Waals surface area contributed by atoms with Crippen molar-refractivity contribution in [1.82, 2.24) is 9.55 Å². The van der Waals surface area contributed by atoms with Crippen molar-refractivity contribution in [3.63, 3.8) is 0 Å². The van der Waals surface area contributed by atoms with Gasteiger partial charge in [-0.05, 0) is 32.3 Å². The Labute approximate surface area is 121 Å². The molecule has 1 aliphatic carbocycles. The van der Waals surface area contributed by atoms with Gasteiger partial charge in [-0.2, -0.15) is 0 Å². The lowest BCUT2D eigenvalue weighted by Crippen LogP contribution is -2.13. The number of fused-ring (bicyclic) bond motifs is 3. The first-order valence-electron chi connectivity index (χ1n) is 6.65. The number of rotatable bonds is 2. The summed E-state index contributed by atoms with van der Waals surface area (Å²) in [5.74, 6) is -0.272. The summed E-state index contributed by atoms with van der Waals surface area (Å²) in [4.78, 5) is 17.8. The van der Waals surface area contributed by atoms with Crippen molar-refractivity contribution in [1.29, 1.82) is 0 Å². The molecular formula is C14H17N3O2S. The molecule has 0 amide bonds.